The summed E-state index contributed by atoms with van der Waals surface area (Å²) < 4.78 is 0. The number of hydrogen-bond donors (Lipinski definition) is 0. The molecule has 6 atom stereocenters. The molecule has 3 amide bonds. The van der Waals surface area contributed by atoms with Crippen molar-refractivity contribution in [2.24, 2.45) is 0 Å². The minimum atomic E-state index is -0.582. The molecule has 5 heterocycles. The fraction of sp³-hybridized carbons (Fsp3) is 0.364. The zero-order valence-electron chi connectivity index (χ0n) is 24.2. The molecule has 6 unspecified atom stereocenters. The van der Waals surface area contributed by atoms with Crippen LogP contribution in [0.1, 0.15) is 37.5 Å². The molecule has 0 aliphatic carbocycles. The van der Waals surface area contributed by atoms with E-state index in [1.807, 2.05) is 69.3 Å². The fourth-order valence-corrected chi connectivity index (χ4v) is 7.85. The van der Waals surface area contributed by atoms with Crippen LogP contribution in [0.15, 0.2) is 91.0 Å². The van der Waals surface area contributed by atoms with Crippen LogP contribution in [0.2, 0.25) is 0 Å². The zero-order valence-corrected chi connectivity index (χ0v) is 24.2. The molecule has 5 aliphatic heterocycles. The van der Waals surface area contributed by atoms with E-state index >= 15 is 0 Å². The molecule has 0 N–H and O–H groups in total. The van der Waals surface area contributed by atoms with Gasteiger partial charge in [0, 0.05) is 40.4 Å². The van der Waals surface area contributed by atoms with Crippen LogP contribution < -0.4 is 0 Å². The second-order valence-corrected chi connectivity index (χ2v) is 11.7. The van der Waals surface area contributed by atoms with Crippen molar-refractivity contribution < 1.29 is 14.4 Å². The molecule has 0 saturated carbocycles. The largest absolute Gasteiger partial charge is 0.304 e. The summed E-state index contributed by atoms with van der Waals surface area (Å²) in [6, 6.07) is 30.6. The summed E-state index contributed by atoms with van der Waals surface area (Å²) in [5, 5.41) is 0. The van der Waals surface area contributed by atoms with Crippen molar-refractivity contribution in [3.05, 3.63) is 108 Å². The zero-order chi connectivity index (χ0) is 29.1. The van der Waals surface area contributed by atoms with Crippen LogP contribution in [0, 0.1) is 0 Å². The maximum Gasteiger partial charge on any atom is 0.222 e. The molecular formula is C33H36N6O3. The molecule has 9 heteroatoms. The molecule has 5 fully saturated rings. The smallest absolute Gasteiger partial charge is 0.222 e. The highest BCUT2D eigenvalue weighted by Gasteiger charge is 2.73. The lowest BCUT2D eigenvalue weighted by Crippen LogP contribution is -2.75. The van der Waals surface area contributed by atoms with E-state index in [1.165, 1.54) is 0 Å². The number of rotatable bonds is 6. The SMILES string of the molecule is CC(=O)N1C2C3N(Cc4ccccc4)C(C4N(Cc5ccccc5)C1C(N3C(C)=O)N4C(C)=O)N2Cc1ccccc1. The minimum Gasteiger partial charge on any atom is -0.304 e. The van der Waals surface area contributed by atoms with Crippen LogP contribution in [0.3, 0.4) is 0 Å². The average Bonchev–Trinajstić information content (AvgIpc) is 3.38. The Morgan fingerprint density at radius 2 is 0.690 bits per heavy atom. The first kappa shape index (κ1) is 26.8. The third kappa shape index (κ3) is 4.06. The molecule has 3 aromatic carbocycles. The lowest BCUT2D eigenvalue weighted by Gasteiger charge is -2.55. The highest BCUT2D eigenvalue weighted by molar-refractivity contribution is 5.81. The van der Waals surface area contributed by atoms with Gasteiger partial charge in [-0.25, -0.2) is 0 Å². The number of carbonyl (C=O) groups excluding carboxylic acids is 3. The lowest BCUT2D eigenvalue weighted by atomic mass is 10.1. The van der Waals surface area contributed by atoms with Crippen molar-refractivity contribution in [1.29, 1.82) is 0 Å². The second kappa shape index (κ2) is 10.3. The van der Waals surface area contributed by atoms with Crippen molar-refractivity contribution in [1.82, 2.24) is 29.4 Å². The topological polar surface area (TPSA) is 70.7 Å². The lowest BCUT2D eigenvalue weighted by molar-refractivity contribution is -0.185. The normalized spacial score (nSPS) is 28.5. The Morgan fingerprint density at radius 3 is 1.02 bits per heavy atom. The first-order valence-electron chi connectivity index (χ1n) is 14.6. The Kier molecular flexibility index (Phi) is 6.61. The summed E-state index contributed by atoms with van der Waals surface area (Å²) in [5.74, 6) is -0.272. The summed E-state index contributed by atoms with van der Waals surface area (Å²) >= 11 is 0. The van der Waals surface area contributed by atoms with Crippen molar-refractivity contribution in [3.8, 4) is 0 Å². The molecule has 9 nitrogen and oxygen atoms in total. The van der Waals surface area contributed by atoms with Crippen molar-refractivity contribution in [2.45, 2.75) is 77.4 Å². The van der Waals surface area contributed by atoms with Gasteiger partial charge >= 0.3 is 0 Å². The number of nitrogens with zero attached hydrogens (tertiary/aromatic N) is 6. The van der Waals surface area contributed by atoms with E-state index in [2.05, 4.69) is 51.1 Å². The van der Waals surface area contributed by atoms with Crippen LogP contribution >= 0.6 is 0 Å². The molecule has 5 aliphatic rings. The Labute approximate surface area is 246 Å². The Balaban J connectivity index is 1.46. The molecule has 5 saturated heterocycles. The van der Waals surface area contributed by atoms with Gasteiger partial charge in [-0.1, -0.05) is 91.0 Å². The van der Waals surface area contributed by atoms with Crippen molar-refractivity contribution in [3.63, 3.8) is 0 Å². The number of carbonyl (C=O) groups is 3. The standard InChI is InChI=1S/C33H36N6O3/c1-22(40)37-30-31-35(20-26-15-9-5-10-16-26)28(34(30)19-25-13-7-4-8-14-25)29-36(21-27-17-11-6-12-18-27)32(37)33(38(29)23(2)41)39(31)24(3)42/h4-18,28-33H,19-21H2,1-3H3. The third-order valence-electron chi connectivity index (χ3n) is 9.26. The van der Waals surface area contributed by atoms with Crippen LogP contribution in [-0.2, 0) is 34.0 Å². The van der Waals surface area contributed by atoms with Gasteiger partial charge < -0.3 is 9.80 Å². The maximum absolute atomic E-state index is 13.8. The van der Waals surface area contributed by atoms with Gasteiger partial charge in [0.25, 0.3) is 0 Å². The predicted octanol–water partition coefficient (Wildman–Crippen LogP) is 3.05. The third-order valence-corrected chi connectivity index (χ3v) is 9.26. The monoisotopic (exact) mass is 564 g/mol. The number of piperazine rings is 1. The number of benzene rings is 3. The molecule has 42 heavy (non-hydrogen) atoms. The molecule has 6 bridgehead atoms. The number of hydrogen-bond acceptors (Lipinski definition) is 6. The van der Waals surface area contributed by atoms with Gasteiger partial charge in [-0.15, -0.1) is 0 Å². The highest BCUT2D eigenvalue weighted by Crippen LogP contribution is 2.52. The summed E-state index contributed by atoms with van der Waals surface area (Å²) in [6.07, 6.45) is -2.49. The van der Waals surface area contributed by atoms with Gasteiger partial charge in [0.15, 0.2) is 0 Å². The van der Waals surface area contributed by atoms with Crippen LogP contribution in [0.25, 0.3) is 0 Å². The molecule has 3 aromatic rings. The van der Waals surface area contributed by atoms with E-state index in [4.69, 9.17) is 0 Å². The summed E-state index contributed by atoms with van der Waals surface area (Å²) in [6.45, 7) is 6.48. The second-order valence-electron chi connectivity index (χ2n) is 11.7. The number of amides is 3. The van der Waals surface area contributed by atoms with E-state index in [0.29, 0.717) is 19.6 Å². The molecular weight excluding hydrogens is 528 g/mol. The van der Waals surface area contributed by atoms with Gasteiger partial charge in [0.1, 0.15) is 37.0 Å². The van der Waals surface area contributed by atoms with Gasteiger partial charge in [-0.05, 0) is 16.7 Å². The highest BCUT2D eigenvalue weighted by atomic mass is 16.2. The summed E-state index contributed by atoms with van der Waals surface area (Å²) in [4.78, 5) is 53.8. The quantitative estimate of drug-likeness (QED) is 0.459. The van der Waals surface area contributed by atoms with Crippen LogP contribution in [0.5, 0.6) is 0 Å². The minimum absolute atomic E-state index is 0.0642. The first-order valence-corrected chi connectivity index (χ1v) is 14.6. The Morgan fingerprint density at radius 1 is 0.429 bits per heavy atom. The van der Waals surface area contributed by atoms with E-state index in [-0.39, 0.29) is 36.2 Å². The van der Waals surface area contributed by atoms with Crippen LogP contribution in [-0.4, -0.2) is 84.1 Å². The summed E-state index contributed by atoms with van der Waals surface area (Å²) in [7, 11) is 0. The van der Waals surface area contributed by atoms with Gasteiger partial charge in [-0.3, -0.25) is 34.0 Å². The van der Waals surface area contributed by atoms with E-state index < -0.39 is 18.5 Å². The van der Waals surface area contributed by atoms with Gasteiger partial charge in [0.2, 0.25) is 17.7 Å². The molecule has 0 spiro atoms. The molecule has 8 rings (SSSR count). The van der Waals surface area contributed by atoms with Crippen molar-refractivity contribution in [2.75, 3.05) is 0 Å². The van der Waals surface area contributed by atoms with E-state index in [1.54, 1.807) is 20.8 Å². The molecule has 216 valence electrons. The van der Waals surface area contributed by atoms with E-state index in [9.17, 15) is 14.4 Å². The Bertz CT molecular complexity index is 1440. The van der Waals surface area contributed by atoms with E-state index in [0.717, 1.165) is 16.7 Å². The van der Waals surface area contributed by atoms with Crippen LogP contribution in [0.4, 0.5) is 0 Å². The van der Waals surface area contributed by atoms with Crippen molar-refractivity contribution >= 4 is 17.7 Å². The summed E-state index contributed by atoms with van der Waals surface area (Å²) in [5.41, 5.74) is 3.32. The Hall–Kier alpha value is -4.05. The molecule has 0 aromatic heterocycles. The molecule has 0 radical (unpaired) electrons. The average molecular weight is 565 g/mol. The fourth-order valence-electron chi connectivity index (χ4n) is 7.85. The first-order chi connectivity index (χ1) is 20.4. The maximum atomic E-state index is 13.8. The predicted molar refractivity (Wildman–Crippen MR) is 156 cm³/mol. The van der Waals surface area contributed by atoms with Gasteiger partial charge in [-0.2, -0.15) is 0 Å². The van der Waals surface area contributed by atoms with Gasteiger partial charge in [0.05, 0.1) is 0 Å².